The van der Waals surface area contributed by atoms with Gasteiger partial charge in [-0.15, -0.1) is 0 Å². The second-order valence-electron chi connectivity index (χ2n) is 13.8. The topological polar surface area (TPSA) is 167 Å². The second-order valence-corrected chi connectivity index (χ2v) is 13.8. The molecular formula is C33H48N6O6. The summed E-state index contributed by atoms with van der Waals surface area (Å²) in [6.45, 7) is 8.95. The lowest BCUT2D eigenvalue weighted by Crippen LogP contribution is -2.62. The fourth-order valence-electron chi connectivity index (χ4n) is 6.39. The number of carbonyl (C=O) groups is 6. The van der Waals surface area contributed by atoms with Gasteiger partial charge in [0.05, 0.1) is 6.04 Å². The van der Waals surface area contributed by atoms with E-state index in [1.54, 1.807) is 24.0 Å². The molecule has 4 rings (SSSR count). The zero-order chi connectivity index (χ0) is 32.9. The van der Waals surface area contributed by atoms with Gasteiger partial charge in [-0.1, -0.05) is 47.0 Å². The lowest BCUT2D eigenvalue weighted by atomic mass is 9.83. The van der Waals surface area contributed by atoms with Crippen molar-refractivity contribution in [2.75, 3.05) is 0 Å². The van der Waals surface area contributed by atoms with Crippen LogP contribution in [0.5, 0.6) is 0 Å². The number of hydrogen-bond donors (Lipinski definition) is 4. The van der Waals surface area contributed by atoms with Crippen molar-refractivity contribution in [1.82, 2.24) is 31.2 Å². The Morgan fingerprint density at radius 3 is 2.24 bits per heavy atom. The number of nitrogens with zero attached hydrogens (tertiary/aromatic N) is 2. The number of nitrogens with one attached hydrogen (secondary N) is 4. The van der Waals surface area contributed by atoms with E-state index in [0.717, 1.165) is 38.5 Å². The summed E-state index contributed by atoms with van der Waals surface area (Å²) in [5, 5.41) is 11.1. The number of ketones is 1. The SMILES string of the molecule is CCC[C@H](NC(=O)[C@@H]1C[C@@H]2CCCC[C@@H]2N1C(=O)[C@@H](NC(=O)[C@H](C)NC(=O)c1ccncc1)C(C)(C)C)C(=O)C(=O)NC1CC1. The molecule has 5 amide bonds. The Labute approximate surface area is 265 Å². The van der Waals surface area contributed by atoms with Gasteiger partial charge in [-0.2, -0.15) is 0 Å². The van der Waals surface area contributed by atoms with Gasteiger partial charge in [-0.25, -0.2) is 0 Å². The number of Topliss-reactive ketones (excluding diaryl/α,β-unsaturated/α-hetero) is 1. The van der Waals surface area contributed by atoms with Gasteiger partial charge in [0.1, 0.15) is 18.1 Å². The van der Waals surface area contributed by atoms with Crippen LogP contribution in [-0.4, -0.2) is 81.5 Å². The van der Waals surface area contributed by atoms with Crippen molar-refractivity contribution in [3.05, 3.63) is 30.1 Å². The molecule has 2 saturated carbocycles. The summed E-state index contributed by atoms with van der Waals surface area (Å²) >= 11 is 0. The van der Waals surface area contributed by atoms with Gasteiger partial charge in [0.2, 0.25) is 23.5 Å². The number of carbonyl (C=O) groups excluding carboxylic acids is 6. The minimum absolute atomic E-state index is 0.0155. The van der Waals surface area contributed by atoms with E-state index >= 15 is 0 Å². The van der Waals surface area contributed by atoms with Crippen LogP contribution in [0.4, 0.5) is 0 Å². The summed E-state index contributed by atoms with van der Waals surface area (Å²) < 4.78 is 0. The average molecular weight is 625 g/mol. The van der Waals surface area contributed by atoms with Crippen molar-refractivity contribution < 1.29 is 28.8 Å². The number of rotatable bonds is 12. The van der Waals surface area contributed by atoms with Crippen LogP contribution in [0.3, 0.4) is 0 Å². The standard InChI is InChI=1S/C33H48N6O6/c1-6-9-23(26(40)31(44)36-22-12-13-22)37-30(43)25-18-21-10-7-8-11-24(21)39(25)32(45)27(33(3,4)5)38-28(41)19(2)35-29(42)20-14-16-34-17-15-20/h14-17,19,21-25,27H,6-13,18H2,1-5H3,(H,35,42)(H,36,44)(H,37,43)(H,38,41)/t19-,21-,23-,24-,25-,27+/m0/s1. The first-order valence-electron chi connectivity index (χ1n) is 16.3. The molecule has 1 aromatic rings. The van der Waals surface area contributed by atoms with Crippen LogP contribution in [-0.2, 0) is 24.0 Å². The highest BCUT2D eigenvalue weighted by Gasteiger charge is 2.51. The first-order chi connectivity index (χ1) is 21.3. The van der Waals surface area contributed by atoms with E-state index in [-0.39, 0.29) is 23.9 Å². The molecule has 0 radical (unpaired) electrons. The molecule has 2 aliphatic carbocycles. The molecule has 4 N–H and O–H groups in total. The maximum Gasteiger partial charge on any atom is 0.289 e. The van der Waals surface area contributed by atoms with E-state index in [2.05, 4.69) is 26.3 Å². The first kappa shape index (κ1) is 34.1. The van der Waals surface area contributed by atoms with Crippen LogP contribution in [0.25, 0.3) is 0 Å². The predicted octanol–water partition coefficient (Wildman–Crippen LogP) is 2.02. The summed E-state index contributed by atoms with van der Waals surface area (Å²) in [6.07, 6.45) is 9.53. The third kappa shape index (κ3) is 8.46. The lowest BCUT2D eigenvalue weighted by molar-refractivity contribution is -0.147. The number of fused-ring (bicyclic) bond motifs is 1. The van der Waals surface area contributed by atoms with Crippen molar-refractivity contribution in [2.45, 2.75) is 129 Å². The first-order valence-corrected chi connectivity index (χ1v) is 16.3. The molecule has 246 valence electrons. The van der Waals surface area contributed by atoms with E-state index in [1.165, 1.54) is 12.4 Å². The molecule has 3 aliphatic rings. The molecule has 0 aromatic carbocycles. The molecule has 1 aliphatic heterocycles. The highest BCUT2D eigenvalue weighted by atomic mass is 16.2. The average Bonchev–Trinajstić information content (AvgIpc) is 3.74. The van der Waals surface area contributed by atoms with Crippen LogP contribution < -0.4 is 21.3 Å². The Bertz CT molecular complexity index is 1280. The third-order valence-electron chi connectivity index (χ3n) is 9.07. The quantitative estimate of drug-likeness (QED) is 0.258. The summed E-state index contributed by atoms with van der Waals surface area (Å²) in [7, 11) is 0. The summed E-state index contributed by atoms with van der Waals surface area (Å²) in [4.78, 5) is 85.4. The van der Waals surface area contributed by atoms with Gasteiger partial charge < -0.3 is 26.2 Å². The molecule has 0 spiro atoms. The Kier molecular flexibility index (Phi) is 11.0. The molecule has 3 fully saturated rings. The van der Waals surface area contributed by atoms with Gasteiger partial charge in [0.15, 0.2) is 0 Å². The van der Waals surface area contributed by atoms with E-state index < -0.39 is 59.0 Å². The van der Waals surface area contributed by atoms with Crippen LogP contribution in [0.15, 0.2) is 24.5 Å². The van der Waals surface area contributed by atoms with Gasteiger partial charge in [-0.05, 0) is 68.9 Å². The molecule has 12 heteroatoms. The Hall–Kier alpha value is -3.83. The van der Waals surface area contributed by atoms with Crippen LogP contribution in [0.2, 0.25) is 0 Å². The van der Waals surface area contributed by atoms with E-state index in [0.29, 0.717) is 24.8 Å². The van der Waals surface area contributed by atoms with E-state index in [4.69, 9.17) is 0 Å². The predicted molar refractivity (Wildman–Crippen MR) is 167 cm³/mol. The molecule has 1 aromatic heterocycles. The smallest absolute Gasteiger partial charge is 0.289 e. The van der Waals surface area contributed by atoms with Crippen molar-refractivity contribution in [3.8, 4) is 0 Å². The summed E-state index contributed by atoms with van der Waals surface area (Å²) in [6, 6.07) is -0.826. The van der Waals surface area contributed by atoms with Crippen molar-refractivity contribution in [1.29, 1.82) is 0 Å². The number of amides is 5. The highest BCUT2D eigenvalue weighted by molar-refractivity contribution is 6.38. The number of pyridine rings is 1. The number of hydrogen-bond acceptors (Lipinski definition) is 7. The molecule has 45 heavy (non-hydrogen) atoms. The maximum absolute atomic E-state index is 14.5. The largest absolute Gasteiger partial charge is 0.347 e. The van der Waals surface area contributed by atoms with Crippen LogP contribution >= 0.6 is 0 Å². The molecule has 2 heterocycles. The highest BCUT2D eigenvalue weighted by Crippen LogP contribution is 2.41. The van der Waals surface area contributed by atoms with Gasteiger partial charge in [0, 0.05) is 30.0 Å². The van der Waals surface area contributed by atoms with Crippen molar-refractivity contribution in [2.24, 2.45) is 11.3 Å². The number of likely N-dealkylation sites (tertiary alicyclic amines) is 1. The van der Waals surface area contributed by atoms with Crippen molar-refractivity contribution in [3.63, 3.8) is 0 Å². The summed E-state index contributed by atoms with van der Waals surface area (Å²) in [5.41, 5.74) is -0.371. The van der Waals surface area contributed by atoms with Gasteiger partial charge in [-0.3, -0.25) is 33.8 Å². The normalized spacial score (nSPS) is 23.1. The Morgan fingerprint density at radius 2 is 1.62 bits per heavy atom. The maximum atomic E-state index is 14.5. The van der Waals surface area contributed by atoms with Crippen molar-refractivity contribution >= 4 is 35.3 Å². The van der Waals surface area contributed by atoms with Gasteiger partial charge >= 0.3 is 0 Å². The lowest BCUT2D eigenvalue weighted by Gasteiger charge is -2.40. The zero-order valence-electron chi connectivity index (χ0n) is 27.1. The number of aromatic nitrogens is 1. The fourth-order valence-corrected chi connectivity index (χ4v) is 6.39. The molecule has 6 atom stereocenters. The zero-order valence-corrected chi connectivity index (χ0v) is 27.1. The Morgan fingerprint density at radius 1 is 0.956 bits per heavy atom. The minimum Gasteiger partial charge on any atom is -0.347 e. The molecule has 12 nitrogen and oxygen atoms in total. The van der Waals surface area contributed by atoms with E-state index in [1.807, 2.05) is 27.7 Å². The minimum atomic E-state index is -0.987. The second kappa shape index (κ2) is 14.5. The Balaban J connectivity index is 1.52. The molecule has 0 unspecified atom stereocenters. The molecule has 1 saturated heterocycles. The van der Waals surface area contributed by atoms with E-state index in [9.17, 15) is 28.8 Å². The third-order valence-corrected chi connectivity index (χ3v) is 9.07. The van der Waals surface area contributed by atoms with Gasteiger partial charge in [0.25, 0.3) is 11.8 Å². The monoisotopic (exact) mass is 624 g/mol. The molecule has 0 bridgehead atoms. The summed E-state index contributed by atoms with van der Waals surface area (Å²) in [5.74, 6) is -3.04. The fraction of sp³-hybridized carbons (Fsp3) is 0.667. The van der Waals surface area contributed by atoms with Crippen LogP contribution in [0, 0.1) is 11.3 Å². The van der Waals surface area contributed by atoms with Crippen LogP contribution in [0.1, 0.15) is 103 Å². The molecular weight excluding hydrogens is 576 g/mol.